The van der Waals surface area contributed by atoms with E-state index in [1.54, 1.807) is 21.8 Å². The topological polar surface area (TPSA) is 67.6 Å². The average Bonchev–Trinajstić information content (AvgIpc) is 3.41. The molecule has 2 atom stereocenters. The average molecular weight is 421 g/mol. The van der Waals surface area contributed by atoms with Gasteiger partial charge in [0.15, 0.2) is 11.6 Å². The zero-order valence-corrected chi connectivity index (χ0v) is 17.1. The van der Waals surface area contributed by atoms with Gasteiger partial charge in [-0.3, -0.25) is 4.79 Å². The molecule has 1 aliphatic carbocycles. The molecule has 1 aliphatic heterocycles. The van der Waals surface area contributed by atoms with Gasteiger partial charge in [0, 0.05) is 25.5 Å². The molecule has 1 N–H and O–H groups in total. The standard InChI is InChI=1S/C24H24FN3O3/c25-19-11-8-17-15-27(14-16-6-9-18(10-7-16)28-13-3-12-26-28)24(30)22(17)23(19)31-21-5-2-1-4-20(21)29/h3,6-13,20-21,29H,1-2,4-5,14-15H2. The number of hydrogen-bond acceptors (Lipinski definition) is 4. The number of amides is 1. The lowest BCUT2D eigenvalue weighted by molar-refractivity contribution is 0.00445. The van der Waals surface area contributed by atoms with Crippen LogP contribution in [0.25, 0.3) is 5.69 Å². The van der Waals surface area contributed by atoms with Crippen molar-refractivity contribution in [3.05, 3.63) is 77.4 Å². The highest BCUT2D eigenvalue weighted by molar-refractivity contribution is 6.01. The fraction of sp³-hybridized carbons (Fsp3) is 0.333. The van der Waals surface area contributed by atoms with Crippen LogP contribution in [0.3, 0.4) is 0 Å². The largest absolute Gasteiger partial charge is 0.484 e. The Bertz CT molecular complexity index is 1080. The minimum atomic E-state index is -0.634. The van der Waals surface area contributed by atoms with E-state index in [9.17, 15) is 14.3 Å². The highest BCUT2D eigenvalue weighted by atomic mass is 19.1. The number of carbonyl (C=O) groups is 1. The SMILES string of the molecule is O=C1c2c(ccc(F)c2OC2CCCCC2O)CN1Cc1ccc(-n2cccn2)cc1. The molecule has 2 unspecified atom stereocenters. The van der Waals surface area contributed by atoms with E-state index < -0.39 is 18.0 Å². The number of halogens is 1. The molecule has 2 heterocycles. The van der Waals surface area contributed by atoms with Crippen molar-refractivity contribution in [2.75, 3.05) is 0 Å². The first-order valence-corrected chi connectivity index (χ1v) is 10.6. The Morgan fingerprint density at radius 1 is 1.13 bits per heavy atom. The number of nitrogens with zero attached hydrogens (tertiary/aromatic N) is 3. The van der Waals surface area contributed by atoms with Gasteiger partial charge in [-0.25, -0.2) is 9.07 Å². The van der Waals surface area contributed by atoms with Crippen LogP contribution in [0.1, 0.15) is 47.2 Å². The lowest BCUT2D eigenvalue weighted by atomic mass is 9.94. The van der Waals surface area contributed by atoms with Crippen LogP contribution in [0.4, 0.5) is 4.39 Å². The second-order valence-corrected chi connectivity index (χ2v) is 8.20. The summed E-state index contributed by atoms with van der Waals surface area (Å²) < 4.78 is 22.3. The Morgan fingerprint density at radius 2 is 1.94 bits per heavy atom. The maximum Gasteiger partial charge on any atom is 0.258 e. The molecule has 0 bridgehead atoms. The van der Waals surface area contributed by atoms with Crippen molar-refractivity contribution in [2.45, 2.75) is 51.0 Å². The van der Waals surface area contributed by atoms with Crippen LogP contribution >= 0.6 is 0 Å². The van der Waals surface area contributed by atoms with Crippen molar-refractivity contribution in [3.63, 3.8) is 0 Å². The van der Waals surface area contributed by atoms with Gasteiger partial charge in [-0.1, -0.05) is 24.6 Å². The number of aliphatic hydroxyl groups is 1. The summed E-state index contributed by atoms with van der Waals surface area (Å²) in [4.78, 5) is 14.8. The summed E-state index contributed by atoms with van der Waals surface area (Å²) in [5.74, 6) is -0.828. The van der Waals surface area contributed by atoms with Gasteiger partial charge < -0.3 is 14.7 Å². The molecule has 1 aromatic heterocycles. The van der Waals surface area contributed by atoms with E-state index in [1.165, 1.54) is 6.07 Å². The van der Waals surface area contributed by atoms with Crippen LogP contribution in [0.15, 0.2) is 54.9 Å². The van der Waals surface area contributed by atoms with Crippen LogP contribution in [-0.2, 0) is 13.1 Å². The van der Waals surface area contributed by atoms with Crippen molar-refractivity contribution in [1.82, 2.24) is 14.7 Å². The monoisotopic (exact) mass is 421 g/mol. The Kier molecular flexibility index (Phi) is 5.19. The Labute approximate surface area is 179 Å². The van der Waals surface area contributed by atoms with Gasteiger partial charge in [0.05, 0.1) is 17.4 Å². The first kappa shape index (κ1) is 19.8. The fourth-order valence-corrected chi connectivity index (χ4v) is 4.40. The smallest absolute Gasteiger partial charge is 0.258 e. The summed E-state index contributed by atoms with van der Waals surface area (Å²) in [6, 6.07) is 12.7. The van der Waals surface area contributed by atoms with Crippen LogP contribution in [0, 0.1) is 5.82 Å². The molecule has 2 aliphatic rings. The van der Waals surface area contributed by atoms with E-state index in [0.717, 1.165) is 29.7 Å². The third-order valence-electron chi connectivity index (χ3n) is 6.07. The zero-order valence-electron chi connectivity index (χ0n) is 17.1. The molecule has 0 radical (unpaired) electrons. The maximum atomic E-state index is 14.6. The van der Waals surface area contributed by atoms with Gasteiger partial charge >= 0.3 is 0 Å². The highest BCUT2D eigenvalue weighted by Gasteiger charge is 2.35. The molecule has 2 aromatic carbocycles. The van der Waals surface area contributed by atoms with Crippen LogP contribution in [0.2, 0.25) is 0 Å². The van der Waals surface area contributed by atoms with Gasteiger partial charge in [0.1, 0.15) is 6.10 Å². The van der Waals surface area contributed by atoms with Gasteiger partial charge in [-0.05, 0) is 54.7 Å². The molecule has 7 heteroatoms. The first-order valence-electron chi connectivity index (χ1n) is 10.6. The number of fused-ring (bicyclic) bond motifs is 1. The van der Waals surface area contributed by atoms with E-state index in [0.29, 0.717) is 25.9 Å². The Balaban J connectivity index is 1.35. The lowest BCUT2D eigenvalue weighted by Crippen LogP contribution is -2.35. The number of carbonyl (C=O) groups excluding carboxylic acids is 1. The summed E-state index contributed by atoms with van der Waals surface area (Å²) in [5.41, 5.74) is 2.95. The molecule has 31 heavy (non-hydrogen) atoms. The number of ether oxygens (including phenoxy) is 1. The molecule has 6 nitrogen and oxygen atoms in total. The van der Waals surface area contributed by atoms with E-state index in [2.05, 4.69) is 5.10 Å². The molecule has 1 fully saturated rings. The minimum Gasteiger partial charge on any atom is -0.484 e. The zero-order chi connectivity index (χ0) is 21.4. The summed E-state index contributed by atoms with van der Waals surface area (Å²) in [6.45, 7) is 0.818. The molecule has 5 rings (SSSR count). The van der Waals surface area contributed by atoms with Gasteiger partial charge in [-0.15, -0.1) is 0 Å². The van der Waals surface area contributed by atoms with Crippen LogP contribution in [0.5, 0.6) is 5.75 Å². The van der Waals surface area contributed by atoms with Crippen molar-refractivity contribution >= 4 is 5.91 Å². The summed E-state index contributed by atoms with van der Waals surface area (Å²) in [5, 5.41) is 14.4. The van der Waals surface area contributed by atoms with Gasteiger partial charge in [-0.2, -0.15) is 5.10 Å². The number of hydrogen-bond donors (Lipinski definition) is 1. The van der Waals surface area contributed by atoms with Crippen LogP contribution in [-0.4, -0.2) is 37.9 Å². The predicted octanol–water partition coefficient (Wildman–Crippen LogP) is 3.85. The quantitative estimate of drug-likeness (QED) is 0.680. The lowest BCUT2D eigenvalue weighted by Gasteiger charge is -2.29. The predicted molar refractivity (Wildman–Crippen MR) is 112 cm³/mol. The third kappa shape index (κ3) is 3.81. The molecule has 0 saturated heterocycles. The second kappa shape index (κ2) is 8.15. The minimum absolute atomic E-state index is 0.0232. The fourth-order valence-electron chi connectivity index (χ4n) is 4.40. The van der Waals surface area contributed by atoms with E-state index in [4.69, 9.17) is 4.74 Å². The highest BCUT2D eigenvalue weighted by Crippen LogP contribution is 2.36. The van der Waals surface area contributed by atoms with Crippen LogP contribution < -0.4 is 4.74 Å². The summed E-state index contributed by atoms with van der Waals surface area (Å²) in [7, 11) is 0. The molecule has 160 valence electrons. The summed E-state index contributed by atoms with van der Waals surface area (Å²) in [6.07, 6.45) is 5.63. The van der Waals surface area contributed by atoms with Gasteiger partial charge in [0.25, 0.3) is 5.91 Å². The maximum absolute atomic E-state index is 14.6. The second-order valence-electron chi connectivity index (χ2n) is 8.20. The van der Waals surface area contributed by atoms with E-state index >= 15 is 0 Å². The van der Waals surface area contributed by atoms with Crippen molar-refractivity contribution in [2.24, 2.45) is 0 Å². The van der Waals surface area contributed by atoms with Gasteiger partial charge in [0.2, 0.25) is 0 Å². The van der Waals surface area contributed by atoms with Crippen molar-refractivity contribution in [1.29, 1.82) is 0 Å². The summed E-state index contributed by atoms with van der Waals surface area (Å²) >= 11 is 0. The Hall–Kier alpha value is -3.19. The molecule has 0 spiro atoms. The van der Waals surface area contributed by atoms with Crippen molar-refractivity contribution in [3.8, 4) is 11.4 Å². The first-order chi connectivity index (χ1) is 15.1. The molecule has 3 aromatic rings. The molecular weight excluding hydrogens is 397 g/mol. The Morgan fingerprint density at radius 3 is 2.68 bits per heavy atom. The molecule has 1 amide bonds. The molecule has 1 saturated carbocycles. The normalized spacial score (nSPS) is 20.7. The third-order valence-corrected chi connectivity index (χ3v) is 6.07. The number of aliphatic hydroxyl groups excluding tert-OH is 1. The van der Waals surface area contributed by atoms with E-state index in [1.807, 2.05) is 36.5 Å². The number of aromatic nitrogens is 2. The number of benzene rings is 2. The van der Waals surface area contributed by atoms with Crippen molar-refractivity contribution < 1.29 is 19.0 Å². The van der Waals surface area contributed by atoms with E-state index in [-0.39, 0.29) is 17.2 Å². The molecular formula is C24H24FN3O3. The number of rotatable bonds is 5.